The van der Waals surface area contributed by atoms with E-state index in [4.69, 9.17) is 16.2 Å². The van der Waals surface area contributed by atoms with Crippen LogP contribution >= 0.6 is 0 Å². The number of carbonyl (C=O) groups is 1. The SMILES string of the molecule is CC1(O)C(OC(=O)c2ccc(C(F)(F)F)cc2)CN2C(N)=NC(CO)C3NC(N)N(O)C321. The Morgan fingerprint density at radius 3 is 2.56 bits per heavy atom. The van der Waals surface area contributed by atoms with Gasteiger partial charge in [0.2, 0.25) is 0 Å². The van der Waals surface area contributed by atoms with Crippen molar-refractivity contribution in [2.24, 2.45) is 16.5 Å². The summed E-state index contributed by atoms with van der Waals surface area (Å²) in [6, 6.07) is 1.65. The molecule has 0 radical (unpaired) electrons. The van der Waals surface area contributed by atoms with Gasteiger partial charge in [-0.15, -0.1) is 5.06 Å². The minimum absolute atomic E-state index is 0.122. The molecule has 1 spiro atoms. The quantitative estimate of drug-likeness (QED) is 0.295. The Hall–Kier alpha value is -2.49. The van der Waals surface area contributed by atoms with Crippen LogP contribution in [0.25, 0.3) is 0 Å². The van der Waals surface area contributed by atoms with Crippen molar-refractivity contribution in [1.82, 2.24) is 15.3 Å². The standard InChI is InChI=1S/C18H23F3N6O5/c1-16(30)11(32-13(29)8-2-4-9(5-3-8)18(19,20)21)6-26-14(22)24-10(7-28)12-17(16,26)27(31)15(23)25-12/h2-5,10-12,15,25,28,30-31H,6-7,23H2,1H3,(H2,22,24). The molecule has 2 saturated heterocycles. The second kappa shape index (κ2) is 7.26. The third-order valence-electron chi connectivity index (χ3n) is 6.37. The minimum atomic E-state index is -4.56. The first-order valence-electron chi connectivity index (χ1n) is 9.68. The average Bonchev–Trinajstić information content (AvgIpc) is 3.13. The van der Waals surface area contributed by atoms with Gasteiger partial charge < -0.3 is 36.5 Å². The number of nitrogens with zero attached hydrogens (tertiary/aromatic N) is 3. The molecule has 4 rings (SSSR count). The molecule has 0 aliphatic carbocycles. The molecule has 0 amide bonds. The Morgan fingerprint density at radius 2 is 2.00 bits per heavy atom. The largest absolute Gasteiger partial charge is 0.454 e. The number of hydrogen-bond acceptors (Lipinski definition) is 11. The fraction of sp³-hybridized carbons (Fsp3) is 0.556. The summed E-state index contributed by atoms with van der Waals surface area (Å²) in [5.41, 5.74) is 7.11. The van der Waals surface area contributed by atoms with Crippen LogP contribution in [0.3, 0.4) is 0 Å². The molecule has 0 saturated carbocycles. The number of aliphatic hydroxyl groups is 2. The Labute approximate surface area is 180 Å². The van der Waals surface area contributed by atoms with Crippen molar-refractivity contribution in [3.63, 3.8) is 0 Å². The second-order valence-electron chi connectivity index (χ2n) is 8.12. The van der Waals surface area contributed by atoms with Crippen molar-refractivity contribution in [2.45, 2.75) is 48.8 Å². The van der Waals surface area contributed by atoms with Crippen LogP contribution in [0.5, 0.6) is 0 Å². The predicted molar refractivity (Wildman–Crippen MR) is 102 cm³/mol. The zero-order valence-corrected chi connectivity index (χ0v) is 16.8. The zero-order valence-electron chi connectivity index (χ0n) is 16.8. The van der Waals surface area contributed by atoms with Gasteiger partial charge in [0.1, 0.15) is 11.9 Å². The number of alkyl halides is 3. The number of halogens is 3. The van der Waals surface area contributed by atoms with Gasteiger partial charge in [-0.05, 0) is 31.2 Å². The lowest BCUT2D eigenvalue weighted by molar-refractivity contribution is -0.266. The minimum Gasteiger partial charge on any atom is -0.454 e. The van der Waals surface area contributed by atoms with Gasteiger partial charge in [0.25, 0.3) is 0 Å². The van der Waals surface area contributed by atoms with Crippen molar-refractivity contribution < 1.29 is 38.1 Å². The van der Waals surface area contributed by atoms with Crippen molar-refractivity contribution in [3.8, 4) is 0 Å². The third kappa shape index (κ3) is 2.98. The molecule has 1 aromatic rings. The molecule has 8 N–H and O–H groups in total. The van der Waals surface area contributed by atoms with Crippen molar-refractivity contribution in [3.05, 3.63) is 35.4 Å². The van der Waals surface area contributed by atoms with E-state index in [2.05, 4.69) is 10.3 Å². The number of aliphatic hydroxyl groups excluding tert-OH is 1. The highest BCUT2D eigenvalue weighted by molar-refractivity contribution is 5.90. The van der Waals surface area contributed by atoms with Crippen molar-refractivity contribution in [1.29, 1.82) is 0 Å². The fourth-order valence-electron chi connectivity index (χ4n) is 4.81. The van der Waals surface area contributed by atoms with Gasteiger partial charge >= 0.3 is 12.1 Å². The van der Waals surface area contributed by atoms with Gasteiger partial charge in [-0.2, -0.15) is 13.2 Å². The van der Waals surface area contributed by atoms with E-state index < -0.39 is 60.1 Å². The Morgan fingerprint density at radius 1 is 1.38 bits per heavy atom. The summed E-state index contributed by atoms with van der Waals surface area (Å²) < 4.78 is 43.8. The molecule has 1 aromatic carbocycles. The van der Waals surface area contributed by atoms with Gasteiger partial charge in [-0.25, -0.2) is 9.79 Å². The highest BCUT2D eigenvalue weighted by atomic mass is 19.4. The van der Waals surface area contributed by atoms with Crippen molar-refractivity contribution in [2.75, 3.05) is 13.2 Å². The smallest absolute Gasteiger partial charge is 0.416 e. The van der Waals surface area contributed by atoms with E-state index in [0.29, 0.717) is 5.06 Å². The number of hydrogen-bond donors (Lipinski definition) is 6. The number of nitrogens with two attached hydrogens (primary N) is 2. The lowest BCUT2D eigenvalue weighted by atomic mass is 9.79. The lowest BCUT2D eigenvalue weighted by Gasteiger charge is -2.52. The highest BCUT2D eigenvalue weighted by Crippen LogP contribution is 2.49. The van der Waals surface area contributed by atoms with E-state index in [9.17, 15) is 33.4 Å². The Bertz CT molecular complexity index is 942. The van der Waals surface area contributed by atoms with Crippen LogP contribution < -0.4 is 16.8 Å². The van der Waals surface area contributed by atoms with Crippen LogP contribution in [0.2, 0.25) is 0 Å². The molecule has 0 aromatic heterocycles. The van der Waals surface area contributed by atoms with E-state index in [1.54, 1.807) is 0 Å². The van der Waals surface area contributed by atoms with Gasteiger partial charge in [0, 0.05) is 0 Å². The second-order valence-corrected chi connectivity index (χ2v) is 8.12. The maximum Gasteiger partial charge on any atom is 0.416 e. The summed E-state index contributed by atoms with van der Waals surface area (Å²) in [5, 5.41) is 35.6. The summed E-state index contributed by atoms with van der Waals surface area (Å²) in [6.07, 6.45) is -7.01. The lowest BCUT2D eigenvalue weighted by Crippen LogP contribution is -2.76. The molecule has 176 valence electrons. The van der Waals surface area contributed by atoms with Crippen LogP contribution in [-0.2, 0) is 10.9 Å². The maximum atomic E-state index is 12.8. The first kappa shape index (κ1) is 22.7. The number of rotatable bonds is 3. The molecular weight excluding hydrogens is 437 g/mol. The number of hydroxylamine groups is 2. The molecule has 2 fully saturated rings. The normalized spacial score (nSPS) is 37.1. The third-order valence-corrected chi connectivity index (χ3v) is 6.37. The zero-order chi connectivity index (χ0) is 23.6. The molecule has 14 heteroatoms. The molecule has 3 aliphatic rings. The predicted octanol–water partition coefficient (Wildman–Crippen LogP) is -1.41. The molecule has 11 nitrogen and oxygen atoms in total. The van der Waals surface area contributed by atoms with Gasteiger partial charge in [0.15, 0.2) is 17.7 Å². The molecule has 32 heavy (non-hydrogen) atoms. The topological polar surface area (TPSA) is 170 Å². The first-order valence-corrected chi connectivity index (χ1v) is 9.68. The van der Waals surface area contributed by atoms with Crippen LogP contribution in [0, 0.1) is 0 Å². The van der Waals surface area contributed by atoms with Crippen LogP contribution in [0.4, 0.5) is 13.2 Å². The maximum absolute atomic E-state index is 12.8. The summed E-state index contributed by atoms with van der Waals surface area (Å²) in [6.45, 7) is 0.635. The molecule has 3 aliphatic heterocycles. The molecule has 6 atom stereocenters. The van der Waals surface area contributed by atoms with E-state index in [0.717, 1.165) is 24.3 Å². The van der Waals surface area contributed by atoms with Crippen LogP contribution in [0.1, 0.15) is 22.8 Å². The number of aliphatic imine (C=N–C) groups is 1. The number of carbonyl (C=O) groups excluding carboxylic acids is 1. The molecule has 6 unspecified atom stereocenters. The van der Waals surface area contributed by atoms with E-state index in [-0.39, 0.29) is 18.1 Å². The summed E-state index contributed by atoms with van der Waals surface area (Å²) >= 11 is 0. The first-order chi connectivity index (χ1) is 14.9. The monoisotopic (exact) mass is 460 g/mol. The number of nitrogens with one attached hydrogen (secondary N) is 1. The Balaban J connectivity index is 1.65. The van der Waals surface area contributed by atoms with Crippen LogP contribution in [-0.4, -0.2) is 86.2 Å². The number of guanidine groups is 1. The average molecular weight is 460 g/mol. The summed E-state index contributed by atoms with van der Waals surface area (Å²) in [7, 11) is 0. The summed E-state index contributed by atoms with van der Waals surface area (Å²) in [5.74, 6) is -1.10. The Kier molecular flexibility index (Phi) is 5.15. The molecule has 3 heterocycles. The van der Waals surface area contributed by atoms with Gasteiger partial charge in [-0.3, -0.25) is 5.32 Å². The van der Waals surface area contributed by atoms with Crippen molar-refractivity contribution >= 4 is 11.9 Å². The van der Waals surface area contributed by atoms with Gasteiger partial charge in [0.05, 0.1) is 36.4 Å². The van der Waals surface area contributed by atoms with Crippen LogP contribution in [0.15, 0.2) is 29.3 Å². The van der Waals surface area contributed by atoms with E-state index in [1.165, 1.54) is 11.8 Å². The number of esters is 1. The van der Waals surface area contributed by atoms with E-state index in [1.807, 2.05) is 0 Å². The molecular formula is C18H23F3N6O5. The highest BCUT2D eigenvalue weighted by Gasteiger charge is 2.76. The fourth-order valence-corrected chi connectivity index (χ4v) is 4.81. The summed E-state index contributed by atoms with van der Waals surface area (Å²) in [4.78, 5) is 18.1. The molecule has 0 bridgehead atoms. The number of benzene rings is 1. The van der Waals surface area contributed by atoms with Gasteiger partial charge in [-0.1, -0.05) is 0 Å². The van der Waals surface area contributed by atoms with E-state index >= 15 is 0 Å². The number of ether oxygens (including phenoxy) is 1.